The van der Waals surface area contributed by atoms with Crippen molar-refractivity contribution in [3.8, 4) is 0 Å². The van der Waals surface area contributed by atoms with E-state index in [1.165, 1.54) is 5.56 Å². The summed E-state index contributed by atoms with van der Waals surface area (Å²) in [5.74, 6) is -0.738. The van der Waals surface area contributed by atoms with Gasteiger partial charge in [0.15, 0.2) is 0 Å². The van der Waals surface area contributed by atoms with Gasteiger partial charge >= 0.3 is 5.97 Å². The number of hydrogen-bond donors (Lipinski definition) is 2. The lowest BCUT2D eigenvalue weighted by Gasteiger charge is -2.28. The zero-order valence-corrected chi connectivity index (χ0v) is 13.4. The van der Waals surface area contributed by atoms with Crippen LogP contribution in [0.3, 0.4) is 0 Å². The summed E-state index contributed by atoms with van der Waals surface area (Å²) in [6.07, 6.45) is 1.20. The van der Waals surface area contributed by atoms with E-state index in [1.807, 2.05) is 0 Å². The minimum absolute atomic E-state index is 0.183. The summed E-state index contributed by atoms with van der Waals surface area (Å²) in [4.78, 5) is 15.5. The zero-order chi connectivity index (χ0) is 15.8. The number of carbonyl (C=O) groups is 1. The first kappa shape index (κ1) is 16.8. The standard InChI is InChI=1S/C17H27N3O2/c1-2-9-20(10-6-17(21)22)16-5-3-4-15(13-16)14-19-11-7-18-8-12-19/h3-5,13,18H,2,6-12,14H2,1H3,(H,21,22). The molecule has 5 heteroatoms. The molecule has 0 aromatic heterocycles. The highest BCUT2D eigenvalue weighted by atomic mass is 16.4. The van der Waals surface area contributed by atoms with Gasteiger partial charge in [-0.3, -0.25) is 9.69 Å². The number of hydrogen-bond acceptors (Lipinski definition) is 4. The molecule has 0 atom stereocenters. The molecule has 122 valence electrons. The van der Waals surface area contributed by atoms with Crippen molar-refractivity contribution >= 4 is 11.7 Å². The van der Waals surface area contributed by atoms with Crippen molar-refractivity contribution < 1.29 is 9.90 Å². The summed E-state index contributed by atoms with van der Waals surface area (Å²) in [7, 11) is 0. The van der Waals surface area contributed by atoms with Gasteiger partial charge in [0.05, 0.1) is 6.42 Å². The van der Waals surface area contributed by atoms with Crippen molar-refractivity contribution in [1.82, 2.24) is 10.2 Å². The molecule has 1 aliphatic rings. The third-order valence-electron chi connectivity index (χ3n) is 3.98. The van der Waals surface area contributed by atoms with Crippen LogP contribution in [-0.4, -0.2) is 55.2 Å². The Hall–Kier alpha value is -1.59. The summed E-state index contributed by atoms with van der Waals surface area (Å²) in [6, 6.07) is 8.53. The van der Waals surface area contributed by atoms with E-state index in [9.17, 15) is 4.79 Å². The second-order valence-corrected chi connectivity index (χ2v) is 5.83. The lowest BCUT2D eigenvalue weighted by atomic mass is 10.1. The summed E-state index contributed by atoms with van der Waals surface area (Å²) >= 11 is 0. The average Bonchev–Trinajstić information content (AvgIpc) is 2.52. The van der Waals surface area contributed by atoms with Crippen molar-refractivity contribution in [2.45, 2.75) is 26.3 Å². The summed E-state index contributed by atoms with van der Waals surface area (Å²) in [5.41, 5.74) is 2.44. The number of piperazine rings is 1. The molecule has 1 aromatic rings. The van der Waals surface area contributed by atoms with E-state index in [0.717, 1.165) is 51.4 Å². The predicted octanol–water partition coefficient (Wildman–Crippen LogP) is 1.78. The molecule has 1 fully saturated rings. The lowest BCUT2D eigenvalue weighted by Crippen LogP contribution is -2.42. The van der Waals surface area contributed by atoms with Gasteiger partial charge < -0.3 is 15.3 Å². The van der Waals surface area contributed by atoms with Gasteiger partial charge in [-0.15, -0.1) is 0 Å². The number of carboxylic acid groups (broad SMARTS) is 1. The Bertz CT molecular complexity index is 473. The highest BCUT2D eigenvalue weighted by molar-refractivity contribution is 5.67. The first-order chi connectivity index (χ1) is 10.7. The van der Waals surface area contributed by atoms with Crippen molar-refractivity contribution in [2.75, 3.05) is 44.2 Å². The van der Waals surface area contributed by atoms with Crippen molar-refractivity contribution in [2.24, 2.45) is 0 Å². The van der Waals surface area contributed by atoms with Gasteiger partial charge in [0.2, 0.25) is 0 Å². The topological polar surface area (TPSA) is 55.8 Å². The van der Waals surface area contributed by atoms with Crippen LogP contribution in [-0.2, 0) is 11.3 Å². The fraction of sp³-hybridized carbons (Fsp3) is 0.588. The Labute approximate surface area is 132 Å². The first-order valence-corrected chi connectivity index (χ1v) is 8.18. The van der Waals surface area contributed by atoms with Gasteiger partial charge in [0.25, 0.3) is 0 Å². The number of nitrogens with one attached hydrogen (secondary N) is 1. The van der Waals surface area contributed by atoms with E-state index < -0.39 is 5.97 Å². The smallest absolute Gasteiger partial charge is 0.305 e. The van der Waals surface area contributed by atoms with Crippen LogP contribution in [0.5, 0.6) is 0 Å². The molecular weight excluding hydrogens is 278 g/mol. The van der Waals surface area contributed by atoms with Gasteiger partial charge in [-0.25, -0.2) is 0 Å². The second kappa shape index (κ2) is 8.76. The van der Waals surface area contributed by atoms with Gasteiger partial charge in [-0.2, -0.15) is 0 Å². The predicted molar refractivity (Wildman–Crippen MR) is 89.3 cm³/mol. The van der Waals surface area contributed by atoms with Crippen molar-refractivity contribution in [3.05, 3.63) is 29.8 Å². The third kappa shape index (κ3) is 5.31. The minimum atomic E-state index is -0.738. The van der Waals surface area contributed by atoms with Crippen LogP contribution in [0.1, 0.15) is 25.3 Å². The third-order valence-corrected chi connectivity index (χ3v) is 3.98. The van der Waals surface area contributed by atoms with Gasteiger partial charge in [-0.1, -0.05) is 19.1 Å². The first-order valence-electron chi connectivity index (χ1n) is 8.18. The number of anilines is 1. The van der Waals surface area contributed by atoms with Crippen LogP contribution in [0.15, 0.2) is 24.3 Å². The number of aliphatic carboxylic acids is 1. The average molecular weight is 305 g/mol. The van der Waals surface area contributed by atoms with E-state index in [1.54, 1.807) is 0 Å². The molecule has 1 heterocycles. The van der Waals surface area contributed by atoms with Crippen molar-refractivity contribution in [1.29, 1.82) is 0 Å². The fourth-order valence-electron chi connectivity index (χ4n) is 2.85. The molecule has 1 aliphatic heterocycles. The van der Waals surface area contributed by atoms with Crippen LogP contribution in [0, 0.1) is 0 Å². The Balaban J connectivity index is 2.01. The monoisotopic (exact) mass is 305 g/mol. The molecule has 1 aromatic carbocycles. The van der Waals surface area contributed by atoms with E-state index in [4.69, 9.17) is 5.11 Å². The quantitative estimate of drug-likeness (QED) is 0.767. The molecule has 0 saturated carbocycles. The van der Waals surface area contributed by atoms with Gasteiger partial charge in [-0.05, 0) is 24.1 Å². The van der Waals surface area contributed by atoms with Crippen LogP contribution in [0.4, 0.5) is 5.69 Å². The molecule has 0 bridgehead atoms. The fourth-order valence-corrected chi connectivity index (χ4v) is 2.85. The van der Waals surface area contributed by atoms with Gasteiger partial charge in [0, 0.05) is 51.5 Å². The van der Waals surface area contributed by atoms with Crippen LogP contribution in [0.2, 0.25) is 0 Å². The summed E-state index contributed by atoms with van der Waals surface area (Å²) < 4.78 is 0. The molecule has 0 unspecified atom stereocenters. The molecule has 1 saturated heterocycles. The molecule has 0 amide bonds. The maximum atomic E-state index is 10.8. The van der Waals surface area contributed by atoms with Gasteiger partial charge in [0.1, 0.15) is 0 Å². The Morgan fingerprint density at radius 1 is 1.32 bits per heavy atom. The summed E-state index contributed by atoms with van der Waals surface area (Å²) in [5, 5.41) is 12.3. The number of nitrogens with zero attached hydrogens (tertiary/aromatic N) is 2. The maximum absolute atomic E-state index is 10.8. The lowest BCUT2D eigenvalue weighted by molar-refractivity contribution is -0.136. The minimum Gasteiger partial charge on any atom is -0.481 e. The normalized spacial score (nSPS) is 15.7. The molecule has 22 heavy (non-hydrogen) atoms. The molecule has 0 aliphatic carbocycles. The summed E-state index contributed by atoms with van der Waals surface area (Å²) in [6.45, 7) is 8.84. The molecule has 2 N–H and O–H groups in total. The number of rotatable bonds is 8. The second-order valence-electron chi connectivity index (χ2n) is 5.83. The molecular formula is C17H27N3O2. The van der Waals surface area contributed by atoms with E-state index >= 15 is 0 Å². The SMILES string of the molecule is CCCN(CCC(=O)O)c1cccc(CN2CCNCC2)c1. The van der Waals surface area contributed by atoms with Crippen LogP contribution < -0.4 is 10.2 Å². The molecule has 5 nitrogen and oxygen atoms in total. The Kier molecular flexibility index (Phi) is 6.68. The largest absolute Gasteiger partial charge is 0.481 e. The van der Waals surface area contributed by atoms with Crippen LogP contribution in [0.25, 0.3) is 0 Å². The highest BCUT2D eigenvalue weighted by Gasteiger charge is 2.12. The van der Waals surface area contributed by atoms with E-state index in [2.05, 4.69) is 46.3 Å². The zero-order valence-electron chi connectivity index (χ0n) is 13.4. The molecule has 0 radical (unpaired) electrons. The molecule has 0 spiro atoms. The van der Waals surface area contributed by atoms with Crippen molar-refractivity contribution in [3.63, 3.8) is 0 Å². The van der Waals surface area contributed by atoms with E-state index in [0.29, 0.717) is 6.54 Å². The number of carboxylic acids is 1. The Morgan fingerprint density at radius 3 is 2.77 bits per heavy atom. The maximum Gasteiger partial charge on any atom is 0.305 e. The Morgan fingerprint density at radius 2 is 2.09 bits per heavy atom. The van der Waals surface area contributed by atoms with Crippen LogP contribution >= 0.6 is 0 Å². The van der Waals surface area contributed by atoms with E-state index in [-0.39, 0.29) is 6.42 Å². The number of benzene rings is 1. The molecule has 2 rings (SSSR count). The highest BCUT2D eigenvalue weighted by Crippen LogP contribution is 2.18.